The lowest BCUT2D eigenvalue weighted by molar-refractivity contribution is 0.559. The molecule has 0 fully saturated rings. The van der Waals surface area contributed by atoms with Crippen LogP contribution in [0.5, 0.6) is 0 Å². The minimum Gasteiger partial charge on any atom is -0.302 e. The highest BCUT2D eigenvalue weighted by molar-refractivity contribution is 7.71. The zero-order valence-electron chi connectivity index (χ0n) is 8.47. The second-order valence-corrected chi connectivity index (χ2v) is 3.79. The van der Waals surface area contributed by atoms with E-state index in [0.717, 1.165) is 17.6 Å². The third-order valence-corrected chi connectivity index (χ3v) is 2.44. The molecule has 0 aliphatic heterocycles. The van der Waals surface area contributed by atoms with Gasteiger partial charge in [-0.3, -0.25) is 4.68 Å². The average Bonchev–Trinajstić information content (AvgIpc) is 2.44. The lowest BCUT2D eigenvalue weighted by Crippen LogP contribution is -2.00. The monoisotopic (exact) mass is 198 g/mol. The van der Waals surface area contributed by atoms with Crippen molar-refractivity contribution in [1.82, 2.24) is 9.78 Å². The van der Waals surface area contributed by atoms with Gasteiger partial charge in [0.15, 0.2) is 0 Å². The number of hydrogen-bond donors (Lipinski definition) is 1. The Hall–Kier alpha value is -0.570. The molecule has 0 aliphatic carbocycles. The van der Waals surface area contributed by atoms with Gasteiger partial charge in [-0.05, 0) is 18.9 Å². The van der Waals surface area contributed by atoms with Crippen LogP contribution in [0, 0.1) is 4.64 Å². The molecule has 1 heterocycles. The maximum absolute atomic E-state index is 5.23. The fraction of sp³-hybridized carbons (Fsp3) is 0.700. The smallest absolute Gasteiger partial charge is 0.122 e. The highest BCUT2D eigenvalue weighted by atomic mass is 32.1. The summed E-state index contributed by atoms with van der Waals surface area (Å²) < 4.78 is 3.01. The number of hydrogen-bond acceptors (Lipinski definition) is 1. The quantitative estimate of drug-likeness (QED) is 0.720. The molecule has 0 atom stereocenters. The molecule has 2 nitrogen and oxygen atoms in total. The zero-order chi connectivity index (χ0) is 9.68. The summed E-state index contributed by atoms with van der Waals surface area (Å²) in [6.45, 7) is 5.40. The largest absolute Gasteiger partial charge is 0.302 e. The first kappa shape index (κ1) is 10.5. The van der Waals surface area contributed by atoms with E-state index in [1.165, 1.54) is 25.0 Å². The van der Waals surface area contributed by atoms with Gasteiger partial charge in [0.1, 0.15) is 4.64 Å². The molecule has 0 unspecified atom stereocenters. The molecule has 0 radical (unpaired) electrons. The molecule has 0 amide bonds. The van der Waals surface area contributed by atoms with Gasteiger partial charge in [0, 0.05) is 12.2 Å². The van der Waals surface area contributed by atoms with Gasteiger partial charge in [-0.1, -0.05) is 38.9 Å². The molecule has 3 heteroatoms. The number of nitrogens with zero attached hydrogens (tertiary/aromatic N) is 1. The first-order valence-electron chi connectivity index (χ1n) is 5.06. The van der Waals surface area contributed by atoms with E-state index in [9.17, 15) is 0 Å². The second-order valence-electron chi connectivity index (χ2n) is 3.37. The topological polar surface area (TPSA) is 20.7 Å². The van der Waals surface area contributed by atoms with E-state index < -0.39 is 0 Å². The molecule has 0 saturated carbocycles. The van der Waals surface area contributed by atoms with Crippen molar-refractivity contribution in [3.63, 3.8) is 0 Å². The van der Waals surface area contributed by atoms with Crippen molar-refractivity contribution in [2.24, 2.45) is 0 Å². The number of aromatic nitrogens is 2. The molecule has 74 valence electrons. The minimum atomic E-state index is 0.942. The van der Waals surface area contributed by atoms with E-state index in [1.54, 1.807) is 0 Å². The normalized spacial score (nSPS) is 10.6. The number of unbranched alkanes of at least 4 members (excludes halogenated alkanes) is 1. The average molecular weight is 198 g/mol. The molecule has 0 spiro atoms. The fourth-order valence-electron chi connectivity index (χ4n) is 1.37. The molecule has 0 aliphatic rings. The van der Waals surface area contributed by atoms with E-state index in [1.807, 2.05) is 0 Å². The Labute approximate surface area is 85.0 Å². The summed E-state index contributed by atoms with van der Waals surface area (Å²) in [5.41, 5.74) is 1.27. The van der Waals surface area contributed by atoms with Crippen LogP contribution in [0.2, 0.25) is 0 Å². The van der Waals surface area contributed by atoms with Crippen LogP contribution in [0.3, 0.4) is 0 Å². The summed E-state index contributed by atoms with van der Waals surface area (Å²) in [7, 11) is 0. The first-order chi connectivity index (χ1) is 6.27. The molecule has 0 bridgehead atoms. The van der Waals surface area contributed by atoms with Gasteiger partial charge in [-0.15, -0.1) is 0 Å². The molecule has 0 aromatic carbocycles. The third-order valence-electron chi connectivity index (χ3n) is 2.10. The summed E-state index contributed by atoms with van der Waals surface area (Å²) in [4.78, 5) is 0. The SMILES string of the molecule is CCCCn1[nH]c(CCC)cc1=S. The van der Waals surface area contributed by atoms with Crippen LogP contribution >= 0.6 is 12.2 Å². The number of aryl methyl sites for hydroxylation is 2. The van der Waals surface area contributed by atoms with Crippen LogP contribution in [-0.2, 0) is 13.0 Å². The Morgan fingerprint density at radius 3 is 2.77 bits per heavy atom. The molecule has 1 aromatic rings. The van der Waals surface area contributed by atoms with Crippen molar-refractivity contribution in [2.45, 2.75) is 46.1 Å². The van der Waals surface area contributed by atoms with Gasteiger partial charge in [0.25, 0.3) is 0 Å². The Morgan fingerprint density at radius 2 is 2.15 bits per heavy atom. The molecule has 1 rings (SSSR count). The van der Waals surface area contributed by atoms with Crippen LogP contribution < -0.4 is 0 Å². The minimum absolute atomic E-state index is 0.942. The number of aromatic amines is 1. The number of rotatable bonds is 5. The van der Waals surface area contributed by atoms with Crippen molar-refractivity contribution in [2.75, 3.05) is 0 Å². The van der Waals surface area contributed by atoms with Crippen LogP contribution in [0.4, 0.5) is 0 Å². The molecule has 13 heavy (non-hydrogen) atoms. The van der Waals surface area contributed by atoms with Gasteiger partial charge < -0.3 is 5.10 Å². The zero-order valence-corrected chi connectivity index (χ0v) is 9.28. The fourth-order valence-corrected chi connectivity index (χ4v) is 1.65. The second kappa shape index (κ2) is 5.22. The Balaban J connectivity index is 2.66. The Kier molecular flexibility index (Phi) is 4.22. The highest BCUT2D eigenvalue weighted by Crippen LogP contribution is 2.03. The Morgan fingerprint density at radius 1 is 1.38 bits per heavy atom. The summed E-state index contributed by atoms with van der Waals surface area (Å²) in [5.74, 6) is 0. The van der Waals surface area contributed by atoms with Crippen molar-refractivity contribution in [3.8, 4) is 0 Å². The molecule has 1 N–H and O–H groups in total. The molecular weight excluding hydrogens is 180 g/mol. The molecular formula is C10H18N2S. The summed E-state index contributed by atoms with van der Waals surface area (Å²) >= 11 is 5.23. The van der Waals surface area contributed by atoms with E-state index in [0.29, 0.717) is 0 Å². The van der Waals surface area contributed by atoms with Crippen molar-refractivity contribution >= 4 is 12.2 Å². The molecule has 1 aromatic heterocycles. The van der Waals surface area contributed by atoms with Crippen molar-refractivity contribution in [3.05, 3.63) is 16.4 Å². The summed E-state index contributed by atoms with van der Waals surface area (Å²) in [6.07, 6.45) is 4.68. The van der Waals surface area contributed by atoms with Gasteiger partial charge in [0.05, 0.1) is 0 Å². The maximum atomic E-state index is 5.23. The van der Waals surface area contributed by atoms with Crippen LogP contribution in [0.15, 0.2) is 6.07 Å². The summed E-state index contributed by atoms with van der Waals surface area (Å²) in [6, 6.07) is 2.08. The first-order valence-corrected chi connectivity index (χ1v) is 5.47. The van der Waals surface area contributed by atoms with E-state index in [2.05, 4.69) is 29.7 Å². The lowest BCUT2D eigenvalue weighted by atomic mass is 10.3. The predicted octanol–water partition coefficient (Wildman–Crippen LogP) is 3.30. The van der Waals surface area contributed by atoms with Gasteiger partial charge in [0.2, 0.25) is 0 Å². The van der Waals surface area contributed by atoms with Crippen LogP contribution in [-0.4, -0.2) is 9.78 Å². The van der Waals surface area contributed by atoms with Crippen LogP contribution in [0.25, 0.3) is 0 Å². The maximum Gasteiger partial charge on any atom is 0.122 e. The van der Waals surface area contributed by atoms with Crippen molar-refractivity contribution in [1.29, 1.82) is 0 Å². The number of H-pyrrole nitrogens is 1. The number of nitrogens with one attached hydrogen (secondary N) is 1. The lowest BCUT2D eigenvalue weighted by Gasteiger charge is -2.00. The Bertz CT molecular complexity index is 298. The van der Waals surface area contributed by atoms with Crippen molar-refractivity contribution < 1.29 is 0 Å². The third kappa shape index (κ3) is 2.99. The van der Waals surface area contributed by atoms with Gasteiger partial charge in [-0.2, -0.15) is 0 Å². The van der Waals surface area contributed by atoms with E-state index >= 15 is 0 Å². The highest BCUT2D eigenvalue weighted by Gasteiger charge is 1.98. The standard InChI is InChI=1S/C10H18N2S/c1-3-5-7-12-10(13)8-9(11-12)6-4-2/h8,11H,3-7H2,1-2H3. The van der Waals surface area contributed by atoms with Gasteiger partial charge in [-0.25, -0.2) is 0 Å². The van der Waals surface area contributed by atoms with E-state index in [-0.39, 0.29) is 0 Å². The summed E-state index contributed by atoms with van der Waals surface area (Å²) in [5, 5.41) is 3.33. The van der Waals surface area contributed by atoms with Gasteiger partial charge >= 0.3 is 0 Å². The van der Waals surface area contributed by atoms with E-state index in [4.69, 9.17) is 12.2 Å². The predicted molar refractivity (Wildman–Crippen MR) is 58.5 cm³/mol. The molecule has 0 saturated heterocycles. The van der Waals surface area contributed by atoms with Crippen LogP contribution in [0.1, 0.15) is 38.8 Å².